The summed E-state index contributed by atoms with van der Waals surface area (Å²) in [6.07, 6.45) is 0. The number of anilines is 3. The molecule has 0 saturated heterocycles. The van der Waals surface area contributed by atoms with Gasteiger partial charge in [-0.1, -0.05) is 78.9 Å². The molecule has 9 heteroatoms. The van der Waals surface area contributed by atoms with E-state index in [0.29, 0.717) is 28.2 Å². The van der Waals surface area contributed by atoms with Crippen LogP contribution >= 0.6 is 0 Å². The fraction of sp³-hybridized carbons (Fsp3) is 0. The number of hydrogen-bond donors (Lipinski definition) is 3. The molecule has 0 saturated carbocycles. The molecule has 3 N–H and O–H groups in total. The maximum Gasteiger partial charge on any atom is 0.257 e. The highest BCUT2D eigenvalue weighted by atomic mass is 32.2. The van der Waals surface area contributed by atoms with Crippen molar-refractivity contribution in [3.63, 3.8) is 0 Å². The largest absolute Gasteiger partial charge is 0.338 e. The van der Waals surface area contributed by atoms with Gasteiger partial charge in [0.05, 0.1) is 4.90 Å². The topological polar surface area (TPSA) is 120 Å². The molecule has 0 aliphatic rings. The van der Waals surface area contributed by atoms with Gasteiger partial charge in [0.15, 0.2) is 5.82 Å². The van der Waals surface area contributed by atoms with Crippen LogP contribution in [0.25, 0.3) is 22.4 Å². The molecule has 38 heavy (non-hydrogen) atoms. The van der Waals surface area contributed by atoms with Crippen molar-refractivity contribution < 1.29 is 8.42 Å². The Labute approximate surface area is 220 Å². The van der Waals surface area contributed by atoms with Crippen LogP contribution < -0.4 is 15.6 Å². The number of rotatable bonds is 8. The van der Waals surface area contributed by atoms with Gasteiger partial charge < -0.3 is 10.7 Å². The van der Waals surface area contributed by atoms with Gasteiger partial charge in [-0.05, 0) is 42.0 Å². The number of aromatic nitrogens is 2. The molecule has 0 radical (unpaired) electrons. The van der Waals surface area contributed by atoms with E-state index in [2.05, 4.69) is 31.8 Å². The van der Waals surface area contributed by atoms with Gasteiger partial charge >= 0.3 is 0 Å². The normalized spacial score (nSPS) is 10.9. The molecular weight excluding hydrogens is 496 g/mol. The number of hydrogen-bond acceptors (Lipinski definition) is 7. The standard InChI is InChI=1S/C29H22N6O2S/c30-20-26-27(21-10-4-1-5-11-21)28(22-12-6-2-7-13-22)33-34-29(26)31-23-16-18-25(19-17-23)38(36,37)35-32-24-14-8-3-9-15-24/h1-19,32,35H,(H,31,34). The van der Waals surface area contributed by atoms with Crippen molar-refractivity contribution in [1.82, 2.24) is 15.0 Å². The van der Waals surface area contributed by atoms with Crippen LogP contribution in [0.15, 0.2) is 120 Å². The minimum Gasteiger partial charge on any atom is -0.338 e. The van der Waals surface area contributed by atoms with E-state index in [1.54, 1.807) is 36.4 Å². The molecule has 0 aliphatic heterocycles. The zero-order chi connectivity index (χ0) is 26.4. The van der Waals surface area contributed by atoms with Crippen molar-refractivity contribution in [1.29, 1.82) is 5.26 Å². The number of nitriles is 1. The van der Waals surface area contributed by atoms with Crippen molar-refractivity contribution >= 4 is 27.2 Å². The molecule has 0 unspecified atom stereocenters. The number of sulfonamides is 1. The SMILES string of the molecule is N#Cc1c(Nc2ccc(S(=O)(=O)NNc3ccccc3)cc2)nnc(-c2ccccc2)c1-c1ccccc1. The summed E-state index contributed by atoms with van der Waals surface area (Å²) in [5, 5.41) is 22.1. The quantitative estimate of drug-likeness (QED) is 0.224. The van der Waals surface area contributed by atoms with Crippen LogP contribution in [0.5, 0.6) is 0 Å². The summed E-state index contributed by atoms with van der Waals surface area (Å²) < 4.78 is 25.4. The first kappa shape index (κ1) is 24.6. The summed E-state index contributed by atoms with van der Waals surface area (Å²) in [6, 6.07) is 36.5. The Balaban J connectivity index is 1.45. The van der Waals surface area contributed by atoms with Crippen LogP contribution in [-0.2, 0) is 10.0 Å². The third-order valence-electron chi connectivity index (χ3n) is 5.73. The highest BCUT2D eigenvalue weighted by Crippen LogP contribution is 2.36. The molecule has 0 aliphatic carbocycles. The number of nitrogens with zero attached hydrogens (tertiary/aromatic N) is 3. The van der Waals surface area contributed by atoms with E-state index in [1.165, 1.54) is 12.1 Å². The van der Waals surface area contributed by atoms with Gasteiger partial charge in [0.25, 0.3) is 10.0 Å². The monoisotopic (exact) mass is 518 g/mol. The van der Waals surface area contributed by atoms with Crippen molar-refractivity contribution in [2.75, 3.05) is 10.7 Å². The molecule has 5 rings (SSSR count). The van der Waals surface area contributed by atoms with Gasteiger partial charge in [-0.25, -0.2) is 8.42 Å². The van der Waals surface area contributed by atoms with Gasteiger partial charge in [-0.2, -0.15) is 5.26 Å². The van der Waals surface area contributed by atoms with E-state index in [4.69, 9.17) is 0 Å². The molecule has 0 fully saturated rings. The summed E-state index contributed by atoms with van der Waals surface area (Å²) in [7, 11) is -3.81. The lowest BCUT2D eigenvalue weighted by molar-refractivity contribution is 0.588. The average Bonchev–Trinajstić information content (AvgIpc) is 2.97. The van der Waals surface area contributed by atoms with Crippen molar-refractivity contribution in [2.45, 2.75) is 4.90 Å². The number of para-hydroxylation sites is 1. The molecule has 1 aromatic heterocycles. The molecule has 186 valence electrons. The van der Waals surface area contributed by atoms with E-state index < -0.39 is 10.0 Å². The van der Waals surface area contributed by atoms with Gasteiger partial charge in [0.2, 0.25) is 0 Å². The predicted octanol–water partition coefficient (Wildman–Crippen LogP) is 5.73. The molecule has 0 bridgehead atoms. The minimum atomic E-state index is -3.81. The van der Waals surface area contributed by atoms with Crippen LogP contribution in [0.4, 0.5) is 17.2 Å². The zero-order valence-corrected chi connectivity index (χ0v) is 20.9. The van der Waals surface area contributed by atoms with Crippen LogP contribution in [0.2, 0.25) is 0 Å². The average molecular weight is 519 g/mol. The molecular formula is C29H22N6O2S. The molecule has 0 spiro atoms. The second-order valence-corrected chi connectivity index (χ2v) is 9.92. The third kappa shape index (κ3) is 5.37. The third-order valence-corrected chi connectivity index (χ3v) is 6.99. The van der Waals surface area contributed by atoms with Crippen molar-refractivity contribution in [3.8, 4) is 28.5 Å². The fourth-order valence-electron chi connectivity index (χ4n) is 3.88. The first-order valence-electron chi connectivity index (χ1n) is 11.7. The molecule has 4 aromatic carbocycles. The van der Waals surface area contributed by atoms with Gasteiger partial charge in [0.1, 0.15) is 17.3 Å². The van der Waals surface area contributed by atoms with Crippen LogP contribution in [0.3, 0.4) is 0 Å². The number of nitrogens with one attached hydrogen (secondary N) is 3. The molecule has 8 nitrogen and oxygen atoms in total. The maximum absolute atomic E-state index is 12.7. The van der Waals surface area contributed by atoms with E-state index >= 15 is 0 Å². The van der Waals surface area contributed by atoms with Crippen LogP contribution in [-0.4, -0.2) is 18.6 Å². The Morgan fingerprint density at radius 2 is 1.24 bits per heavy atom. The summed E-state index contributed by atoms with van der Waals surface area (Å²) >= 11 is 0. The number of hydrazine groups is 1. The Morgan fingerprint density at radius 3 is 1.84 bits per heavy atom. The minimum absolute atomic E-state index is 0.0717. The van der Waals surface area contributed by atoms with Gasteiger partial charge in [-0.15, -0.1) is 15.0 Å². The van der Waals surface area contributed by atoms with Gasteiger partial charge in [-0.3, -0.25) is 0 Å². The number of benzene rings is 4. The Morgan fingerprint density at radius 1 is 0.658 bits per heavy atom. The van der Waals surface area contributed by atoms with E-state index in [1.807, 2.05) is 66.7 Å². The lowest BCUT2D eigenvalue weighted by atomic mass is 9.95. The summed E-state index contributed by atoms with van der Waals surface area (Å²) in [5.41, 5.74) is 7.11. The first-order valence-corrected chi connectivity index (χ1v) is 13.1. The zero-order valence-electron chi connectivity index (χ0n) is 20.0. The molecule has 1 heterocycles. The van der Waals surface area contributed by atoms with E-state index in [-0.39, 0.29) is 10.7 Å². The fourth-order valence-corrected chi connectivity index (χ4v) is 4.74. The van der Waals surface area contributed by atoms with Crippen molar-refractivity contribution in [3.05, 3.63) is 121 Å². The van der Waals surface area contributed by atoms with Crippen LogP contribution in [0.1, 0.15) is 5.56 Å². The molecule has 0 amide bonds. The lowest BCUT2D eigenvalue weighted by Crippen LogP contribution is -2.29. The van der Waals surface area contributed by atoms with E-state index in [0.717, 1.165) is 11.1 Å². The maximum atomic E-state index is 12.7. The van der Waals surface area contributed by atoms with E-state index in [9.17, 15) is 13.7 Å². The first-order chi connectivity index (χ1) is 18.5. The Hall–Kier alpha value is -5.04. The van der Waals surface area contributed by atoms with Gasteiger partial charge in [0, 0.05) is 22.5 Å². The summed E-state index contributed by atoms with van der Waals surface area (Å²) in [6.45, 7) is 0. The second-order valence-electron chi connectivity index (χ2n) is 8.24. The lowest BCUT2D eigenvalue weighted by Gasteiger charge is -2.15. The second kappa shape index (κ2) is 10.9. The highest BCUT2D eigenvalue weighted by molar-refractivity contribution is 7.89. The summed E-state index contributed by atoms with van der Waals surface area (Å²) in [5.74, 6) is 0.269. The van der Waals surface area contributed by atoms with Crippen molar-refractivity contribution in [2.24, 2.45) is 0 Å². The molecule has 5 aromatic rings. The predicted molar refractivity (Wildman–Crippen MR) is 148 cm³/mol. The summed E-state index contributed by atoms with van der Waals surface area (Å²) in [4.78, 5) is 2.43. The van der Waals surface area contributed by atoms with Crippen LogP contribution in [0, 0.1) is 11.3 Å². The molecule has 0 atom stereocenters. The highest BCUT2D eigenvalue weighted by Gasteiger charge is 2.20. The smallest absolute Gasteiger partial charge is 0.257 e. The Bertz CT molecular complexity index is 1690. The Kier molecular flexibility index (Phi) is 7.08.